The van der Waals surface area contributed by atoms with Gasteiger partial charge in [0.15, 0.2) is 0 Å². The fraction of sp³-hybridized carbons (Fsp3) is 0.226. The van der Waals surface area contributed by atoms with Crippen LogP contribution in [0.4, 0.5) is 0 Å². The van der Waals surface area contributed by atoms with Crippen molar-refractivity contribution in [2.45, 2.75) is 39.5 Å². The molecule has 2 heterocycles. The summed E-state index contributed by atoms with van der Waals surface area (Å²) < 4.78 is 2.31. The van der Waals surface area contributed by atoms with Crippen LogP contribution in [0.15, 0.2) is 72.9 Å². The van der Waals surface area contributed by atoms with Crippen LogP contribution in [0.25, 0.3) is 54.9 Å². The van der Waals surface area contributed by atoms with Crippen LogP contribution in [0.2, 0.25) is 0 Å². The van der Waals surface area contributed by atoms with Gasteiger partial charge in [-0.05, 0) is 51.9 Å². The summed E-state index contributed by atoms with van der Waals surface area (Å²) in [6.07, 6.45) is 1.87. The average Bonchev–Trinajstić information content (AvgIpc) is 3.19. The van der Waals surface area contributed by atoms with E-state index in [1.807, 2.05) is 12.3 Å². The highest BCUT2D eigenvalue weighted by atomic mass is 15.1. The Bertz CT molecular complexity index is 1690. The predicted molar refractivity (Wildman–Crippen MR) is 145 cm³/mol. The second-order valence-corrected chi connectivity index (χ2v) is 9.95. The molecule has 0 aliphatic rings. The molecule has 0 N–H and O–H groups in total. The number of benzene rings is 4. The number of nitrogens with zero attached hydrogens (tertiary/aromatic N) is 3. The maximum Gasteiger partial charge on any atom is 0.141 e. The number of fused-ring (bicyclic) bond motifs is 7. The summed E-state index contributed by atoms with van der Waals surface area (Å²) in [4.78, 5) is 10.0. The minimum atomic E-state index is 0.412. The van der Waals surface area contributed by atoms with Crippen LogP contribution in [0.5, 0.6) is 0 Å². The maximum absolute atomic E-state index is 5.37. The highest BCUT2D eigenvalue weighted by Gasteiger charge is 2.23. The lowest BCUT2D eigenvalue weighted by molar-refractivity contribution is 0.828. The number of rotatable bonds is 3. The van der Waals surface area contributed by atoms with Gasteiger partial charge in [0.1, 0.15) is 5.82 Å². The third-order valence-electron chi connectivity index (χ3n) is 7.16. The third-order valence-corrected chi connectivity index (χ3v) is 7.16. The molecule has 2 aromatic heterocycles. The first-order valence-electron chi connectivity index (χ1n) is 12.1. The lowest BCUT2D eigenvalue weighted by Gasteiger charge is -2.19. The van der Waals surface area contributed by atoms with Gasteiger partial charge < -0.3 is 4.57 Å². The van der Waals surface area contributed by atoms with Gasteiger partial charge in [0.05, 0.1) is 16.6 Å². The van der Waals surface area contributed by atoms with Crippen molar-refractivity contribution in [3.63, 3.8) is 0 Å². The molecule has 0 atom stereocenters. The molecule has 6 rings (SSSR count). The summed E-state index contributed by atoms with van der Waals surface area (Å²) in [5.41, 5.74) is 7.23. The van der Waals surface area contributed by atoms with Crippen molar-refractivity contribution in [1.29, 1.82) is 0 Å². The number of hydrogen-bond donors (Lipinski definition) is 0. The molecule has 34 heavy (non-hydrogen) atoms. The van der Waals surface area contributed by atoms with Gasteiger partial charge in [-0.25, -0.2) is 4.98 Å². The van der Waals surface area contributed by atoms with E-state index >= 15 is 0 Å². The first-order chi connectivity index (χ1) is 16.5. The van der Waals surface area contributed by atoms with E-state index in [0.29, 0.717) is 11.8 Å². The van der Waals surface area contributed by atoms with Crippen LogP contribution in [0.1, 0.15) is 50.7 Å². The summed E-state index contributed by atoms with van der Waals surface area (Å²) in [6, 6.07) is 24.1. The molecule has 3 nitrogen and oxygen atoms in total. The zero-order valence-electron chi connectivity index (χ0n) is 20.4. The highest BCUT2D eigenvalue weighted by molar-refractivity contribution is 6.25. The molecule has 4 aromatic carbocycles. The quantitative estimate of drug-likeness (QED) is 0.203. The Morgan fingerprint density at radius 3 is 2.12 bits per heavy atom. The summed E-state index contributed by atoms with van der Waals surface area (Å²) in [6.45, 7) is 9.09. The molecule has 3 heteroatoms. The monoisotopic (exact) mass is 443 g/mol. The summed E-state index contributed by atoms with van der Waals surface area (Å²) >= 11 is 0. The van der Waals surface area contributed by atoms with Crippen LogP contribution < -0.4 is 0 Å². The zero-order chi connectivity index (χ0) is 23.6. The molecule has 0 aliphatic heterocycles. The van der Waals surface area contributed by atoms with Crippen LogP contribution in [-0.2, 0) is 7.05 Å². The molecule has 0 unspecified atom stereocenters. The maximum atomic E-state index is 5.37. The zero-order valence-corrected chi connectivity index (χ0v) is 20.4. The van der Waals surface area contributed by atoms with Crippen molar-refractivity contribution in [2.24, 2.45) is 7.05 Å². The molecular formula is C31H29N3. The average molecular weight is 444 g/mol. The molecule has 0 saturated heterocycles. The Morgan fingerprint density at radius 2 is 1.41 bits per heavy atom. The van der Waals surface area contributed by atoms with Gasteiger partial charge in [0, 0.05) is 35.0 Å². The van der Waals surface area contributed by atoms with E-state index in [0.717, 1.165) is 22.2 Å². The Morgan fingerprint density at radius 1 is 0.706 bits per heavy atom. The predicted octanol–water partition coefficient (Wildman–Crippen LogP) is 8.34. The third kappa shape index (κ3) is 2.96. The smallest absolute Gasteiger partial charge is 0.141 e. The van der Waals surface area contributed by atoms with Crippen molar-refractivity contribution >= 4 is 43.5 Å². The topological polar surface area (TPSA) is 30.7 Å². The van der Waals surface area contributed by atoms with Crippen molar-refractivity contribution in [3.05, 3.63) is 84.1 Å². The van der Waals surface area contributed by atoms with E-state index in [1.54, 1.807) is 0 Å². The van der Waals surface area contributed by atoms with Gasteiger partial charge in [-0.2, -0.15) is 0 Å². The standard InChI is InChI=1S/C31H29N3/c1-18(2)21-13-8-14-22(19(3)4)28(21)31-33-29-24-12-7-6-11-23(24)25-16-20-10-9-15-32-27(20)17-26(25)30(29)34(31)5/h6-19H,1-5H3. The lowest BCUT2D eigenvalue weighted by Crippen LogP contribution is -2.04. The molecule has 0 aliphatic carbocycles. The van der Waals surface area contributed by atoms with E-state index in [-0.39, 0.29) is 0 Å². The highest BCUT2D eigenvalue weighted by Crippen LogP contribution is 2.41. The van der Waals surface area contributed by atoms with Crippen LogP contribution >= 0.6 is 0 Å². The van der Waals surface area contributed by atoms with Crippen molar-refractivity contribution < 1.29 is 0 Å². The molecular weight excluding hydrogens is 414 g/mol. The minimum absolute atomic E-state index is 0.412. The molecule has 0 amide bonds. The summed E-state index contributed by atoms with van der Waals surface area (Å²) in [7, 11) is 2.17. The van der Waals surface area contributed by atoms with Crippen molar-refractivity contribution in [2.75, 3.05) is 0 Å². The summed E-state index contributed by atoms with van der Waals surface area (Å²) in [5, 5.41) is 6.05. The molecule has 0 spiro atoms. The molecule has 168 valence electrons. The first-order valence-corrected chi connectivity index (χ1v) is 12.1. The number of aryl methyl sites for hydroxylation is 1. The van der Waals surface area contributed by atoms with E-state index in [1.165, 1.54) is 43.8 Å². The van der Waals surface area contributed by atoms with Crippen LogP contribution in [0, 0.1) is 0 Å². The summed E-state index contributed by atoms with van der Waals surface area (Å²) in [5.74, 6) is 1.87. The fourth-order valence-electron chi connectivity index (χ4n) is 5.49. The van der Waals surface area contributed by atoms with Gasteiger partial charge >= 0.3 is 0 Å². The van der Waals surface area contributed by atoms with Crippen LogP contribution in [-0.4, -0.2) is 14.5 Å². The number of imidazole rings is 1. The van der Waals surface area contributed by atoms with Crippen LogP contribution in [0.3, 0.4) is 0 Å². The Hall–Kier alpha value is -3.72. The van der Waals surface area contributed by atoms with E-state index < -0.39 is 0 Å². The molecule has 0 saturated carbocycles. The fourth-order valence-corrected chi connectivity index (χ4v) is 5.49. The number of hydrogen-bond acceptors (Lipinski definition) is 2. The molecule has 0 radical (unpaired) electrons. The second kappa shape index (κ2) is 7.66. The normalized spacial score (nSPS) is 12.2. The Labute approximate surface area is 200 Å². The van der Waals surface area contributed by atoms with E-state index in [2.05, 4.69) is 105 Å². The van der Waals surface area contributed by atoms with Gasteiger partial charge in [-0.3, -0.25) is 4.98 Å². The number of aromatic nitrogens is 3. The molecule has 6 aromatic rings. The van der Waals surface area contributed by atoms with E-state index in [4.69, 9.17) is 4.98 Å². The second-order valence-electron chi connectivity index (χ2n) is 9.95. The first kappa shape index (κ1) is 20.9. The molecule has 0 bridgehead atoms. The Kier molecular flexibility index (Phi) is 4.70. The van der Waals surface area contributed by atoms with Gasteiger partial charge in [0.2, 0.25) is 0 Å². The van der Waals surface area contributed by atoms with Gasteiger partial charge in [-0.1, -0.05) is 76.2 Å². The van der Waals surface area contributed by atoms with Gasteiger partial charge in [0.25, 0.3) is 0 Å². The molecule has 0 fully saturated rings. The lowest BCUT2D eigenvalue weighted by atomic mass is 9.88. The van der Waals surface area contributed by atoms with Crippen molar-refractivity contribution in [1.82, 2.24) is 14.5 Å². The minimum Gasteiger partial charge on any atom is -0.327 e. The Balaban J connectivity index is 1.83. The van der Waals surface area contributed by atoms with E-state index in [9.17, 15) is 0 Å². The van der Waals surface area contributed by atoms with Gasteiger partial charge in [-0.15, -0.1) is 0 Å². The number of pyridine rings is 1. The largest absolute Gasteiger partial charge is 0.327 e. The SMILES string of the molecule is CC(C)c1cccc(C(C)C)c1-c1nc2c3ccccc3c3cc4cccnc4cc3c2n1C. The van der Waals surface area contributed by atoms with Crippen molar-refractivity contribution in [3.8, 4) is 11.4 Å².